The van der Waals surface area contributed by atoms with Crippen LogP contribution < -0.4 is 5.32 Å². The molecule has 1 N–H and O–H groups in total. The number of aryl methyl sites for hydroxylation is 1. The lowest BCUT2D eigenvalue weighted by molar-refractivity contribution is -0.113. The van der Waals surface area contributed by atoms with Crippen LogP contribution >= 0.6 is 11.8 Å². The van der Waals surface area contributed by atoms with Gasteiger partial charge in [-0.3, -0.25) is 14.3 Å². The Kier molecular flexibility index (Phi) is 6.03. The standard InChI is InChI=1S/C22H17F2N5OS/c1-14-4-2-3-5-19(14)29-21(15-8-10-25-11-9-15)27-28-22(29)31-13-20(30)26-16-6-7-17(23)18(24)12-16/h2-12H,13H2,1H3,(H,26,30). The number of nitrogens with one attached hydrogen (secondary N) is 1. The highest BCUT2D eigenvalue weighted by atomic mass is 32.2. The molecular formula is C22H17F2N5OS. The Morgan fingerprint density at radius 1 is 1.03 bits per heavy atom. The van der Waals surface area contributed by atoms with Gasteiger partial charge in [0, 0.05) is 29.7 Å². The van der Waals surface area contributed by atoms with Gasteiger partial charge in [-0.2, -0.15) is 0 Å². The molecule has 2 aromatic carbocycles. The molecule has 1 amide bonds. The first-order chi connectivity index (χ1) is 15.0. The molecule has 0 aliphatic carbocycles. The van der Waals surface area contributed by atoms with E-state index in [1.54, 1.807) is 12.4 Å². The van der Waals surface area contributed by atoms with Crippen LogP contribution in [0.4, 0.5) is 14.5 Å². The molecule has 0 radical (unpaired) electrons. The molecule has 0 spiro atoms. The molecule has 2 aromatic heterocycles. The number of carbonyl (C=O) groups is 1. The molecule has 6 nitrogen and oxygen atoms in total. The van der Waals surface area contributed by atoms with E-state index in [2.05, 4.69) is 20.5 Å². The van der Waals surface area contributed by atoms with Gasteiger partial charge in [-0.1, -0.05) is 30.0 Å². The van der Waals surface area contributed by atoms with Gasteiger partial charge in [0.15, 0.2) is 22.6 Å². The fourth-order valence-electron chi connectivity index (χ4n) is 2.98. The molecule has 9 heteroatoms. The molecule has 0 saturated carbocycles. The number of aromatic nitrogens is 4. The molecule has 31 heavy (non-hydrogen) atoms. The summed E-state index contributed by atoms with van der Waals surface area (Å²) in [6, 6.07) is 14.7. The highest BCUT2D eigenvalue weighted by Gasteiger charge is 2.18. The average molecular weight is 437 g/mol. The number of benzene rings is 2. The molecule has 2 heterocycles. The second-order valence-corrected chi connectivity index (χ2v) is 7.57. The quantitative estimate of drug-likeness (QED) is 0.445. The number of hydrogen-bond acceptors (Lipinski definition) is 5. The van der Waals surface area contributed by atoms with Crippen LogP contribution in [-0.2, 0) is 4.79 Å². The minimum atomic E-state index is -1.02. The van der Waals surface area contributed by atoms with E-state index in [9.17, 15) is 13.6 Å². The van der Waals surface area contributed by atoms with Crippen LogP contribution in [0.5, 0.6) is 0 Å². The summed E-state index contributed by atoms with van der Waals surface area (Å²) < 4.78 is 28.3. The van der Waals surface area contributed by atoms with Crippen molar-refractivity contribution in [3.63, 3.8) is 0 Å². The Balaban J connectivity index is 1.59. The molecule has 156 valence electrons. The van der Waals surface area contributed by atoms with E-state index in [1.807, 2.05) is 47.9 Å². The highest BCUT2D eigenvalue weighted by Crippen LogP contribution is 2.29. The van der Waals surface area contributed by atoms with Crippen LogP contribution in [-0.4, -0.2) is 31.4 Å². The Morgan fingerprint density at radius 3 is 2.55 bits per heavy atom. The Labute approximate surface area is 181 Å². The first-order valence-electron chi connectivity index (χ1n) is 9.32. The lowest BCUT2D eigenvalue weighted by atomic mass is 10.2. The zero-order valence-corrected chi connectivity index (χ0v) is 17.2. The number of pyridine rings is 1. The van der Waals surface area contributed by atoms with Crippen LogP contribution in [0.2, 0.25) is 0 Å². The van der Waals surface area contributed by atoms with Crippen molar-refractivity contribution in [1.29, 1.82) is 0 Å². The Hall–Kier alpha value is -3.59. The summed E-state index contributed by atoms with van der Waals surface area (Å²) in [6.45, 7) is 1.98. The summed E-state index contributed by atoms with van der Waals surface area (Å²) in [4.78, 5) is 16.4. The number of para-hydroxylation sites is 1. The molecule has 0 fully saturated rings. The number of thioether (sulfide) groups is 1. The third-order valence-corrected chi connectivity index (χ3v) is 5.39. The van der Waals surface area contributed by atoms with Crippen LogP contribution in [0.25, 0.3) is 17.1 Å². The van der Waals surface area contributed by atoms with Gasteiger partial charge in [-0.25, -0.2) is 8.78 Å². The maximum atomic E-state index is 13.4. The minimum absolute atomic E-state index is 0.0132. The van der Waals surface area contributed by atoms with Crippen LogP contribution in [0.1, 0.15) is 5.56 Å². The number of amides is 1. The number of rotatable bonds is 6. The normalized spacial score (nSPS) is 10.8. The summed E-state index contributed by atoms with van der Waals surface area (Å²) in [6.07, 6.45) is 3.35. The molecule has 0 aliphatic heterocycles. The zero-order valence-electron chi connectivity index (χ0n) is 16.4. The van der Waals surface area contributed by atoms with Gasteiger partial charge < -0.3 is 5.32 Å². The molecule has 4 aromatic rings. The summed E-state index contributed by atoms with van der Waals surface area (Å²) in [5, 5.41) is 11.7. The van der Waals surface area contributed by atoms with Crippen molar-refractivity contribution < 1.29 is 13.6 Å². The van der Waals surface area contributed by atoms with Crippen molar-refractivity contribution in [3.8, 4) is 17.1 Å². The van der Waals surface area contributed by atoms with E-state index < -0.39 is 11.6 Å². The molecule has 0 unspecified atom stereocenters. The second kappa shape index (κ2) is 9.05. The number of hydrogen-bond donors (Lipinski definition) is 1. The first kappa shape index (κ1) is 20.7. The van der Waals surface area contributed by atoms with E-state index in [4.69, 9.17) is 0 Å². The second-order valence-electron chi connectivity index (χ2n) is 6.63. The van der Waals surface area contributed by atoms with E-state index in [0.29, 0.717) is 11.0 Å². The monoisotopic (exact) mass is 437 g/mol. The largest absolute Gasteiger partial charge is 0.325 e. The van der Waals surface area contributed by atoms with E-state index >= 15 is 0 Å². The van der Waals surface area contributed by atoms with E-state index in [0.717, 1.165) is 28.9 Å². The van der Waals surface area contributed by atoms with Crippen molar-refractivity contribution in [2.75, 3.05) is 11.1 Å². The van der Waals surface area contributed by atoms with Crippen molar-refractivity contribution in [2.24, 2.45) is 0 Å². The Morgan fingerprint density at radius 2 is 1.81 bits per heavy atom. The first-order valence-corrected chi connectivity index (χ1v) is 10.3. The molecular weight excluding hydrogens is 420 g/mol. The highest BCUT2D eigenvalue weighted by molar-refractivity contribution is 7.99. The fourth-order valence-corrected chi connectivity index (χ4v) is 3.73. The van der Waals surface area contributed by atoms with Crippen LogP contribution in [0.15, 0.2) is 72.1 Å². The minimum Gasteiger partial charge on any atom is -0.325 e. The van der Waals surface area contributed by atoms with Crippen molar-refractivity contribution in [3.05, 3.63) is 84.2 Å². The van der Waals surface area contributed by atoms with Crippen molar-refractivity contribution >= 4 is 23.4 Å². The lowest BCUT2D eigenvalue weighted by Crippen LogP contribution is -2.15. The summed E-state index contributed by atoms with van der Waals surface area (Å²) in [5.74, 6) is -1.73. The van der Waals surface area contributed by atoms with Crippen molar-refractivity contribution in [1.82, 2.24) is 19.7 Å². The predicted octanol–water partition coefficient (Wildman–Crippen LogP) is 4.65. The Bertz CT molecular complexity index is 1230. The van der Waals surface area contributed by atoms with Gasteiger partial charge in [0.25, 0.3) is 0 Å². The molecule has 0 saturated heterocycles. The SMILES string of the molecule is Cc1ccccc1-n1c(SCC(=O)Nc2ccc(F)c(F)c2)nnc1-c1ccncc1. The molecule has 4 rings (SSSR count). The maximum absolute atomic E-state index is 13.4. The van der Waals surface area contributed by atoms with E-state index in [1.165, 1.54) is 17.8 Å². The van der Waals surface area contributed by atoms with Crippen LogP contribution in [0, 0.1) is 18.6 Å². The summed E-state index contributed by atoms with van der Waals surface area (Å²) in [7, 11) is 0. The van der Waals surface area contributed by atoms with Gasteiger partial charge in [0.05, 0.1) is 11.4 Å². The smallest absolute Gasteiger partial charge is 0.234 e. The molecule has 0 aliphatic rings. The van der Waals surface area contributed by atoms with Gasteiger partial charge >= 0.3 is 0 Å². The summed E-state index contributed by atoms with van der Waals surface area (Å²) >= 11 is 1.19. The summed E-state index contributed by atoms with van der Waals surface area (Å²) in [5.41, 5.74) is 2.93. The van der Waals surface area contributed by atoms with Gasteiger partial charge in [0.2, 0.25) is 5.91 Å². The zero-order chi connectivity index (χ0) is 21.8. The third kappa shape index (κ3) is 4.61. The average Bonchev–Trinajstić information content (AvgIpc) is 3.19. The maximum Gasteiger partial charge on any atom is 0.234 e. The number of halogens is 2. The number of carbonyl (C=O) groups excluding carboxylic acids is 1. The molecule has 0 bridgehead atoms. The van der Waals surface area contributed by atoms with Gasteiger partial charge in [-0.15, -0.1) is 10.2 Å². The topological polar surface area (TPSA) is 72.7 Å². The fraction of sp³-hybridized carbons (Fsp3) is 0.0909. The molecule has 0 atom stereocenters. The van der Waals surface area contributed by atoms with Gasteiger partial charge in [0.1, 0.15) is 0 Å². The predicted molar refractivity (Wildman–Crippen MR) is 115 cm³/mol. The van der Waals surface area contributed by atoms with Crippen molar-refractivity contribution in [2.45, 2.75) is 12.1 Å². The van der Waals surface area contributed by atoms with Crippen LogP contribution in [0.3, 0.4) is 0 Å². The third-order valence-electron chi connectivity index (χ3n) is 4.46. The van der Waals surface area contributed by atoms with E-state index in [-0.39, 0.29) is 17.3 Å². The van der Waals surface area contributed by atoms with Gasteiger partial charge in [-0.05, 0) is 42.8 Å². The lowest BCUT2D eigenvalue weighted by Gasteiger charge is -2.13. The number of nitrogens with zero attached hydrogens (tertiary/aromatic N) is 4. The number of anilines is 1.